The Morgan fingerprint density at radius 2 is 1.87 bits per heavy atom. The molecule has 2 N–H and O–H groups in total. The number of hydrogen-bond donors (Lipinski definition) is 1. The van der Waals surface area contributed by atoms with Gasteiger partial charge in [0.15, 0.2) is 11.5 Å². The van der Waals surface area contributed by atoms with Crippen LogP contribution >= 0.6 is 0 Å². The average Bonchev–Trinajstić information content (AvgIpc) is 3.16. The number of ether oxygens (including phenoxy) is 2. The largest absolute Gasteiger partial charge is 0.454 e. The van der Waals surface area contributed by atoms with Crippen LogP contribution in [0.5, 0.6) is 11.5 Å². The van der Waals surface area contributed by atoms with Gasteiger partial charge in [0.1, 0.15) is 5.82 Å². The number of imidazole rings is 1. The van der Waals surface area contributed by atoms with Crippen LogP contribution < -0.4 is 15.2 Å². The maximum absolute atomic E-state index is 5.93. The van der Waals surface area contributed by atoms with Crippen LogP contribution in [0.15, 0.2) is 36.4 Å². The summed E-state index contributed by atoms with van der Waals surface area (Å²) in [6.07, 6.45) is 0. The van der Waals surface area contributed by atoms with E-state index in [1.54, 1.807) is 0 Å². The van der Waals surface area contributed by atoms with Gasteiger partial charge < -0.3 is 19.8 Å². The Balaban J connectivity index is 1.97. The number of hydrogen-bond acceptors (Lipinski definition) is 4. The minimum absolute atomic E-state index is 0.136. The first-order chi connectivity index (χ1) is 11.2. The molecule has 23 heavy (non-hydrogen) atoms. The fraction of sp³-hybridized carbons (Fsp3) is 0.278. The van der Waals surface area contributed by atoms with E-state index in [4.69, 9.17) is 20.2 Å². The predicted octanol–water partition coefficient (Wildman–Crippen LogP) is 3.26. The monoisotopic (exact) mass is 309 g/mol. The first-order valence-corrected chi connectivity index (χ1v) is 7.76. The summed E-state index contributed by atoms with van der Waals surface area (Å²) in [4.78, 5) is 4.83. The van der Waals surface area contributed by atoms with Crippen molar-refractivity contribution in [3.8, 4) is 22.9 Å². The fourth-order valence-corrected chi connectivity index (χ4v) is 2.94. The summed E-state index contributed by atoms with van der Waals surface area (Å²) in [7, 11) is 0. The molecule has 3 aromatic rings. The topological polar surface area (TPSA) is 62.3 Å². The highest BCUT2D eigenvalue weighted by atomic mass is 16.7. The molecule has 0 saturated carbocycles. The van der Waals surface area contributed by atoms with Crippen LogP contribution in [0.3, 0.4) is 0 Å². The van der Waals surface area contributed by atoms with Crippen molar-refractivity contribution >= 4 is 11.0 Å². The normalized spacial score (nSPS) is 14.4. The van der Waals surface area contributed by atoms with Crippen molar-refractivity contribution in [1.82, 2.24) is 9.55 Å². The van der Waals surface area contributed by atoms with Gasteiger partial charge in [-0.15, -0.1) is 0 Å². The van der Waals surface area contributed by atoms with E-state index in [9.17, 15) is 0 Å². The van der Waals surface area contributed by atoms with Crippen LogP contribution in [-0.4, -0.2) is 22.9 Å². The molecule has 1 aliphatic heterocycles. The maximum Gasteiger partial charge on any atom is 0.231 e. The highest BCUT2D eigenvalue weighted by Gasteiger charge is 2.21. The minimum Gasteiger partial charge on any atom is -0.454 e. The predicted molar refractivity (Wildman–Crippen MR) is 89.8 cm³/mol. The molecular weight excluding hydrogens is 290 g/mol. The van der Waals surface area contributed by atoms with E-state index in [1.165, 1.54) is 5.56 Å². The van der Waals surface area contributed by atoms with Gasteiger partial charge in [-0.1, -0.05) is 29.8 Å². The Morgan fingerprint density at radius 1 is 1.17 bits per heavy atom. The van der Waals surface area contributed by atoms with Crippen LogP contribution in [0.25, 0.3) is 22.4 Å². The zero-order chi connectivity index (χ0) is 16.0. The van der Waals surface area contributed by atoms with Gasteiger partial charge in [0.05, 0.1) is 11.0 Å². The summed E-state index contributed by atoms with van der Waals surface area (Å²) in [5.41, 5.74) is 10.1. The molecule has 1 atom stereocenters. The maximum atomic E-state index is 5.93. The van der Waals surface area contributed by atoms with Crippen LogP contribution in [0, 0.1) is 6.92 Å². The van der Waals surface area contributed by atoms with Crippen LogP contribution in [-0.2, 0) is 0 Å². The lowest BCUT2D eigenvalue weighted by atomic mass is 10.1. The summed E-state index contributed by atoms with van der Waals surface area (Å²) in [6, 6.07) is 12.4. The molecule has 1 aromatic heterocycles. The molecule has 2 heterocycles. The van der Waals surface area contributed by atoms with Crippen molar-refractivity contribution in [2.75, 3.05) is 13.3 Å². The van der Waals surface area contributed by atoms with Crippen LogP contribution in [0.4, 0.5) is 0 Å². The van der Waals surface area contributed by atoms with Gasteiger partial charge in [-0.2, -0.15) is 0 Å². The summed E-state index contributed by atoms with van der Waals surface area (Å²) in [6.45, 7) is 4.98. The summed E-state index contributed by atoms with van der Waals surface area (Å²) < 4.78 is 13.2. The van der Waals surface area contributed by atoms with Gasteiger partial charge in [0.25, 0.3) is 0 Å². The Hall–Kier alpha value is -2.53. The van der Waals surface area contributed by atoms with Crippen molar-refractivity contribution in [1.29, 1.82) is 0 Å². The lowest BCUT2D eigenvalue weighted by Gasteiger charge is -2.16. The molecule has 2 aromatic carbocycles. The van der Waals surface area contributed by atoms with Crippen LogP contribution in [0.1, 0.15) is 18.5 Å². The van der Waals surface area contributed by atoms with E-state index in [-0.39, 0.29) is 12.8 Å². The summed E-state index contributed by atoms with van der Waals surface area (Å²) in [5, 5.41) is 0. The van der Waals surface area contributed by atoms with Gasteiger partial charge >= 0.3 is 0 Å². The number of aryl methyl sites for hydroxylation is 1. The number of benzene rings is 2. The van der Waals surface area contributed by atoms with Gasteiger partial charge in [-0.3, -0.25) is 0 Å². The molecule has 118 valence electrons. The van der Waals surface area contributed by atoms with Crippen molar-refractivity contribution in [3.63, 3.8) is 0 Å². The van der Waals surface area contributed by atoms with E-state index in [2.05, 4.69) is 42.7 Å². The Labute approximate surface area is 134 Å². The Morgan fingerprint density at radius 3 is 2.57 bits per heavy atom. The van der Waals surface area contributed by atoms with Gasteiger partial charge in [-0.05, 0) is 13.8 Å². The van der Waals surface area contributed by atoms with Crippen molar-refractivity contribution < 1.29 is 9.47 Å². The molecule has 0 radical (unpaired) electrons. The minimum atomic E-state index is 0.136. The molecule has 0 aliphatic carbocycles. The lowest BCUT2D eigenvalue weighted by Crippen LogP contribution is -2.16. The standard InChI is InChI=1S/C18H19N3O2/c1-11-3-5-13(6-4-11)18-20-14-7-16-17(23-10-22-16)8-15(14)21(18)12(2)9-19/h3-8,12H,9-10,19H2,1-2H3. The third kappa shape index (κ3) is 2.24. The second-order valence-corrected chi connectivity index (χ2v) is 5.95. The number of fused-ring (bicyclic) bond motifs is 2. The Kier molecular flexibility index (Phi) is 3.23. The highest BCUT2D eigenvalue weighted by Crippen LogP contribution is 2.38. The smallest absolute Gasteiger partial charge is 0.231 e. The molecule has 0 amide bonds. The summed E-state index contributed by atoms with van der Waals surface area (Å²) >= 11 is 0. The fourth-order valence-electron chi connectivity index (χ4n) is 2.94. The van der Waals surface area contributed by atoms with Crippen LogP contribution in [0.2, 0.25) is 0 Å². The number of aromatic nitrogens is 2. The van der Waals surface area contributed by atoms with Gasteiger partial charge in [0, 0.05) is 30.3 Å². The molecule has 1 unspecified atom stereocenters. The SMILES string of the molecule is Cc1ccc(-c2nc3cc4c(cc3n2C(C)CN)OCO4)cc1. The lowest BCUT2D eigenvalue weighted by molar-refractivity contribution is 0.174. The molecule has 0 bridgehead atoms. The Bertz CT molecular complexity index is 868. The molecule has 4 rings (SSSR count). The third-order valence-electron chi connectivity index (χ3n) is 4.28. The second kappa shape index (κ2) is 5.28. The third-order valence-corrected chi connectivity index (χ3v) is 4.28. The van der Waals surface area contributed by atoms with Crippen molar-refractivity contribution in [2.24, 2.45) is 5.73 Å². The molecular formula is C18H19N3O2. The number of nitrogens with zero attached hydrogens (tertiary/aromatic N) is 2. The quantitative estimate of drug-likeness (QED) is 0.806. The molecule has 0 saturated heterocycles. The molecule has 1 aliphatic rings. The zero-order valence-corrected chi connectivity index (χ0v) is 13.2. The van der Waals surface area contributed by atoms with E-state index in [1.807, 2.05) is 12.1 Å². The summed E-state index contributed by atoms with van der Waals surface area (Å²) in [5.74, 6) is 2.43. The highest BCUT2D eigenvalue weighted by molar-refractivity contribution is 5.84. The first-order valence-electron chi connectivity index (χ1n) is 7.76. The van der Waals surface area contributed by atoms with E-state index in [0.29, 0.717) is 6.54 Å². The van der Waals surface area contributed by atoms with Gasteiger partial charge in [-0.25, -0.2) is 4.98 Å². The zero-order valence-electron chi connectivity index (χ0n) is 13.2. The van der Waals surface area contributed by atoms with E-state index >= 15 is 0 Å². The first kappa shape index (κ1) is 14.1. The average molecular weight is 309 g/mol. The second-order valence-electron chi connectivity index (χ2n) is 5.95. The van der Waals surface area contributed by atoms with Gasteiger partial charge in [0.2, 0.25) is 6.79 Å². The molecule has 5 nitrogen and oxygen atoms in total. The molecule has 0 fully saturated rings. The van der Waals surface area contributed by atoms with E-state index < -0.39 is 0 Å². The van der Waals surface area contributed by atoms with E-state index in [0.717, 1.165) is 33.9 Å². The number of rotatable bonds is 3. The molecule has 0 spiro atoms. The van der Waals surface area contributed by atoms with Crippen molar-refractivity contribution in [2.45, 2.75) is 19.9 Å². The van der Waals surface area contributed by atoms with Crippen molar-refractivity contribution in [3.05, 3.63) is 42.0 Å². The molecule has 5 heteroatoms. The number of nitrogens with two attached hydrogens (primary N) is 1.